The molecule has 0 spiro atoms. The molecule has 0 saturated carbocycles. The van der Waals surface area contributed by atoms with E-state index in [1.54, 1.807) is 6.07 Å². The minimum absolute atomic E-state index is 0.0921. The lowest BCUT2D eigenvalue weighted by Crippen LogP contribution is -2.17. The Hall–Kier alpha value is -0.890. The predicted octanol–water partition coefficient (Wildman–Crippen LogP) is 5.08. The summed E-state index contributed by atoms with van der Waals surface area (Å²) in [6.07, 6.45) is 11.1. The molecule has 0 bridgehead atoms. The minimum Gasteiger partial charge on any atom is -0.330 e. The standard InChI is InChI=1S/C18H30FN/c1-2-3-4-5-6-7-8-11-16(15-20)14-17-12-9-10-13-18(17)19/h9-10,12-13,16H,2-8,11,14-15,20H2,1H3. The van der Waals surface area contributed by atoms with Gasteiger partial charge in [-0.1, -0.05) is 70.1 Å². The molecule has 1 atom stereocenters. The summed E-state index contributed by atoms with van der Waals surface area (Å²) in [5, 5.41) is 0. The third kappa shape index (κ3) is 7.04. The Bertz CT molecular complexity index is 351. The Morgan fingerprint density at radius 1 is 1.00 bits per heavy atom. The number of halogens is 1. The summed E-state index contributed by atoms with van der Waals surface area (Å²) < 4.78 is 13.6. The first kappa shape index (κ1) is 17.2. The summed E-state index contributed by atoms with van der Waals surface area (Å²) in [7, 11) is 0. The minimum atomic E-state index is -0.0921. The van der Waals surface area contributed by atoms with Crippen LogP contribution in [0.15, 0.2) is 24.3 Å². The molecule has 0 aliphatic rings. The number of benzene rings is 1. The lowest BCUT2D eigenvalue weighted by Gasteiger charge is -2.15. The normalized spacial score (nSPS) is 12.6. The first-order valence-electron chi connectivity index (χ1n) is 8.21. The Balaban J connectivity index is 2.18. The van der Waals surface area contributed by atoms with Crippen LogP contribution in [0, 0.1) is 11.7 Å². The van der Waals surface area contributed by atoms with Crippen LogP contribution in [0.25, 0.3) is 0 Å². The Labute approximate surface area is 123 Å². The Morgan fingerprint density at radius 3 is 2.30 bits per heavy atom. The molecule has 1 aromatic carbocycles. The molecule has 0 aliphatic heterocycles. The van der Waals surface area contributed by atoms with Gasteiger partial charge in [-0.2, -0.15) is 0 Å². The van der Waals surface area contributed by atoms with E-state index in [0.29, 0.717) is 12.5 Å². The fraction of sp³-hybridized carbons (Fsp3) is 0.667. The molecule has 2 heteroatoms. The van der Waals surface area contributed by atoms with E-state index in [0.717, 1.165) is 18.4 Å². The first-order chi connectivity index (χ1) is 9.77. The van der Waals surface area contributed by atoms with Crippen LogP contribution in [0.1, 0.15) is 63.9 Å². The van der Waals surface area contributed by atoms with Crippen LogP contribution < -0.4 is 5.73 Å². The van der Waals surface area contributed by atoms with E-state index in [9.17, 15) is 4.39 Å². The van der Waals surface area contributed by atoms with Crippen molar-refractivity contribution in [3.05, 3.63) is 35.6 Å². The molecule has 0 aromatic heterocycles. The van der Waals surface area contributed by atoms with E-state index in [1.807, 2.05) is 12.1 Å². The van der Waals surface area contributed by atoms with Crippen LogP contribution in [0.4, 0.5) is 4.39 Å². The maximum absolute atomic E-state index is 13.6. The van der Waals surface area contributed by atoms with Crippen LogP contribution in [-0.4, -0.2) is 6.54 Å². The lowest BCUT2D eigenvalue weighted by atomic mass is 9.93. The highest BCUT2D eigenvalue weighted by atomic mass is 19.1. The molecule has 114 valence electrons. The molecule has 0 heterocycles. The number of hydrogen-bond acceptors (Lipinski definition) is 1. The molecule has 0 aliphatic carbocycles. The van der Waals surface area contributed by atoms with Gasteiger partial charge in [-0.3, -0.25) is 0 Å². The van der Waals surface area contributed by atoms with E-state index in [1.165, 1.54) is 51.0 Å². The first-order valence-corrected chi connectivity index (χ1v) is 8.21. The quantitative estimate of drug-likeness (QED) is 0.561. The average Bonchev–Trinajstić information content (AvgIpc) is 2.47. The SMILES string of the molecule is CCCCCCCCCC(CN)Cc1ccccc1F. The predicted molar refractivity (Wildman–Crippen MR) is 85.3 cm³/mol. The number of nitrogens with two attached hydrogens (primary N) is 1. The second-order valence-corrected chi connectivity index (χ2v) is 5.81. The maximum atomic E-state index is 13.6. The summed E-state index contributed by atoms with van der Waals surface area (Å²) in [6.45, 7) is 2.90. The van der Waals surface area contributed by atoms with Crippen LogP contribution in [0.2, 0.25) is 0 Å². The molecule has 1 rings (SSSR count). The van der Waals surface area contributed by atoms with Gasteiger partial charge in [0.15, 0.2) is 0 Å². The zero-order valence-electron chi connectivity index (χ0n) is 12.9. The average molecular weight is 279 g/mol. The molecule has 1 nitrogen and oxygen atoms in total. The summed E-state index contributed by atoms with van der Waals surface area (Å²) in [5.41, 5.74) is 6.64. The zero-order chi connectivity index (χ0) is 14.6. The van der Waals surface area contributed by atoms with Crippen molar-refractivity contribution in [3.8, 4) is 0 Å². The van der Waals surface area contributed by atoms with Crippen LogP contribution in [0.3, 0.4) is 0 Å². The third-order valence-electron chi connectivity index (χ3n) is 4.02. The Morgan fingerprint density at radius 2 is 1.65 bits per heavy atom. The van der Waals surface area contributed by atoms with Crippen molar-refractivity contribution in [2.45, 2.75) is 64.7 Å². The second kappa shape index (κ2) is 10.8. The van der Waals surface area contributed by atoms with Gasteiger partial charge >= 0.3 is 0 Å². The summed E-state index contributed by atoms with van der Waals surface area (Å²) >= 11 is 0. The van der Waals surface area contributed by atoms with E-state index in [2.05, 4.69) is 6.92 Å². The molecule has 0 saturated heterocycles. The van der Waals surface area contributed by atoms with Gasteiger partial charge in [-0.15, -0.1) is 0 Å². The molecule has 1 aromatic rings. The van der Waals surface area contributed by atoms with Gasteiger partial charge in [-0.25, -0.2) is 4.39 Å². The molecular formula is C18H30FN. The second-order valence-electron chi connectivity index (χ2n) is 5.81. The van der Waals surface area contributed by atoms with Crippen molar-refractivity contribution in [3.63, 3.8) is 0 Å². The monoisotopic (exact) mass is 279 g/mol. The van der Waals surface area contributed by atoms with Crippen molar-refractivity contribution in [1.82, 2.24) is 0 Å². The highest BCUT2D eigenvalue weighted by Gasteiger charge is 2.10. The van der Waals surface area contributed by atoms with E-state index in [4.69, 9.17) is 5.73 Å². The van der Waals surface area contributed by atoms with Crippen LogP contribution in [-0.2, 0) is 6.42 Å². The summed E-state index contributed by atoms with van der Waals surface area (Å²) in [6, 6.07) is 7.06. The molecule has 0 fully saturated rings. The van der Waals surface area contributed by atoms with E-state index in [-0.39, 0.29) is 5.82 Å². The largest absolute Gasteiger partial charge is 0.330 e. The molecule has 1 unspecified atom stereocenters. The van der Waals surface area contributed by atoms with Crippen LogP contribution >= 0.6 is 0 Å². The van der Waals surface area contributed by atoms with Crippen molar-refractivity contribution >= 4 is 0 Å². The van der Waals surface area contributed by atoms with Gasteiger partial charge in [-0.05, 0) is 36.9 Å². The molecule has 0 amide bonds. The lowest BCUT2D eigenvalue weighted by molar-refractivity contribution is 0.447. The van der Waals surface area contributed by atoms with Crippen molar-refractivity contribution < 1.29 is 4.39 Å². The van der Waals surface area contributed by atoms with Gasteiger partial charge in [0, 0.05) is 0 Å². The molecule has 0 radical (unpaired) electrons. The number of hydrogen-bond donors (Lipinski definition) is 1. The van der Waals surface area contributed by atoms with Gasteiger partial charge in [0.1, 0.15) is 5.82 Å². The van der Waals surface area contributed by atoms with Gasteiger partial charge in [0.05, 0.1) is 0 Å². The van der Waals surface area contributed by atoms with Gasteiger partial charge < -0.3 is 5.73 Å². The van der Waals surface area contributed by atoms with Crippen molar-refractivity contribution in [1.29, 1.82) is 0 Å². The van der Waals surface area contributed by atoms with Crippen LogP contribution in [0.5, 0.6) is 0 Å². The van der Waals surface area contributed by atoms with Gasteiger partial charge in [0.2, 0.25) is 0 Å². The van der Waals surface area contributed by atoms with Crippen molar-refractivity contribution in [2.75, 3.05) is 6.54 Å². The highest BCUT2D eigenvalue weighted by molar-refractivity contribution is 5.17. The smallest absolute Gasteiger partial charge is 0.126 e. The Kier molecular flexibility index (Phi) is 9.31. The summed E-state index contributed by atoms with van der Waals surface area (Å²) in [5.74, 6) is 0.327. The zero-order valence-corrected chi connectivity index (χ0v) is 12.9. The van der Waals surface area contributed by atoms with E-state index < -0.39 is 0 Å². The third-order valence-corrected chi connectivity index (χ3v) is 4.02. The topological polar surface area (TPSA) is 26.0 Å². The molecular weight excluding hydrogens is 249 g/mol. The number of unbranched alkanes of at least 4 members (excludes halogenated alkanes) is 6. The van der Waals surface area contributed by atoms with Crippen molar-refractivity contribution in [2.24, 2.45) is 11.7 Å². The fourth-order valence-corrected chi connectivity index (χ4v) is 2.67. The molecule has 2 N–H and O–H groups in total. The number of rotatable bonds is 11. The highest BCUT2D eigenvalue weighted by Crippen LogP contribution is 2.18. The molecule has 20 heavy (non-hydrogen) atoms. The van der Waals surface area contributed by atoms with E-state index >= 15 is 0 Å². The summed E-state index contributed by atoms with van der Waals surface area (Å²) in [4.78, 5) is 0. The fourth-order valence-electron chi connectivity index (χ4n) is 2.67. The van der Waals surface area contributed by atoms with Gasteiger partial charge in [0.25, 0.3) is 0 Å². The maximum Gasteiger partial charge on any atom is 0.126 e.